The van der Waals surface area contributed by atoms with Crippen LogP contribution in [0.25, 0.3) is 0 Å². The Morgan fingerprint density at radius 2 is 1.58 bits per heavy atom. The van der Waals surface area contributed by atoms with E-state index in [9.17, 15) is 9.59 Å². The van der Waals surface area contributed by atoms with Gasteiger partial charge in [0, 0.05) is 51.7 Å². The van der Waals surface area contributed by atoms with Gasteiger partial charge < -0.3 is 24.2 Å². The topological polar surface area (TPSA) is 65.6 Å². The Hall–Kier alpha value is -1.38. The maximum Gasteiger partial charge on any atom is 0.320 e. The number of rotatable bonds is 1. The van der Waals surface area contributed by atoms with Crippen molar-refractivity contribution in [2.24, 2.45) is 5.92 Å². The number of hydrogen-bond acceptors (Lipinski definition) is 5. The molecule has 4 saturated heterocycles. The fourth-order valence-corrected chi connectivity index (χ4v) is 4.76. The second-order valence-electron chi connectivity index (χ2n) is 8.26. The minimum absolute atomic E-state index is 0.00531. The molecule has 8 nitrogen and oxygen atoms in total. The summed E-state index contributed by atoms with van der Waals surface area (Å²) in [6, 6.07) is 0.344. The maximum atomic E-state index is 12.8. The van der Waals surface area contributed by atoms with Gasteiger partial charge in [-0.2, -0.15) is 0 Å². The Bertz CT molecular complexity index is 557. The molecular weight excluding hydrogens is 336 g/mol. The van der Waals surface area contributed by atoms with Gasteiger partial charge in [0.25, 0.3) is 0 Å². The van der Waals surface area contributed by atoms with E-state index in [1.165, 1.54) is 0 Å². The molecule has 4 aliphatic rings. The average Bonchev–Trinajstić information content (AvgIpc) is 2.64. The second kappa shape index (κ2) is 6.98. The summed E-state index contributed by atoms with van der Waals surface area (Å²) < 4.78 is 11.0. The molecule has 3 amide bonds. The standard InChI is InChI=1S/C18H30N4O4/c1-14(2)16(23)20-9-15-10-26-8-5-22(15)18(11-20)12-21(13-18)17(24)19-3-6-25-7-4-19/h14-15H,3-13H2,1-2H3. The second-order valence-corrected chi connectivity index (χ2v) is 8.26. The predicted molar refractivity (Wildman–Crippen MR) is 94.8 cm³/mol. The molecule has 8 heteroatoms. The SMILES string of the molecule is CC(C)C(=O)N1CC2COCCN2C2(C1)CN(C(=O)N1CCOCC1)C2. The minimum Gasteiger partial charge on any atom is -0.378 e. The minimum atomic E-state index is -0.112. The summed E-state index contributed by atoms with van der Waals surface area (Å²) in [5, 5.41) is 0. The smallest absolute Gasteiger partial charge is 0.320 e. The van der Waals surface area contributed by atoms with Gasteiger partial charge in [-0.1, -0.05) is 13.8 Å². The number of ether oxygens (including phenoxy) is 2. The zero-order valence-corrected chi connectivity index (χ0v) is 15.9. The first kappa shape index (κ1) is 18.0. The van der Waals surface area contributed by atoms with Gasteiger partial charge in [0.1, 0.15) is 0 Å². The number of nitrogens with zero attached hydrogens (tertiary/aromatic N) is 4. The van der Waals surface area contributed by atoms with Crippen LogP contribution in [-0.4, -0.2) is 115 Å². The Balaban J connectivity index is 1.46. The lowest BCUT2D eigenvalue weighted by molar-refractivity contribution is -0.171. The average molecular weight is 366 g/mol. The number of carbonyl (C=O) groups is 2. The number of urea groups is 1. The Kier molecular flexibility index (Phi) is 4.83. The molecule has 4 fully saturated rings. The van der Waals surface area contributed by atoms with Crippen molar-refractivity contribution in [1.29, 1.82) is 0 Å². The first-order valence-corrected chi connectivity index (χ1v) is 9.75. The highest BCUT2D eigenvalue weighted by atomic mass is 16.5. The van der Waals surface area contributed by atoms with Crippen LogP contribution in [0.15, 0.2) is 0 Å². The van der Waals surface area contributed by atoms with Crippen molar-refractivity contribution in [2.45, 2.75) is 25.4 Å². The van der Waals surface area contributed by atoms with Crippen LogP contribution in [0.4, 0.5) is 4.79 Å². The molecule has 4 aliphatic heterocycles. The van der Waals surface area contributed by atoms with Gasteiger partial charge in [-0.05, 0) is 0 Å². The molecule has 4 rings (SSSR count). The van der Waals surface area contributed by atoms with Crippen LogP contribution in [0.3, 0.4) is 0 Å². The first-order chi connectivity index (χ1) is 12.5. The number of likely N-dealkylation sites (tertiary alicyclic amines) is 1. The van der Waals surface area contributed by atoms with E-state index in [-0.39, 0.29) is 29.4 Å². The van der Waals surface area contributed by atoms with Gasteiger partial charge in [-0.15, -0.1) is 0 Å². The molecule has 0 N–H and O–H groups in total. The first-order valence-electron chi connectivity index (χ1n) is 9.75. The van der Waals surface area contributed by atoms with Crippen molar-refractivity contribution in [3.8, 4) is 0 Å². The van der Waals surface area contributed by atoms with Gasteiger partial charge in [0.2, 0.25) is 5.91 Å². The molecule has 0 saturated carbocycles. The molecule has 0 aromatic rings. The zero-order valence-electron chi connectivity index (χ0n) is 15.9. The summed E-state index contributed by atoms with van der Waals surface area (Å²) in [4.78, 5) is 33.7. The Morgan fingerprint density at radius 3 is 2.27 bits per heavy atom. The quantitative estimate of drug-likeness (QED) is 0.637. The molecule has 26 heavy (non-hydrogen) atoms. The lowest BCUT2D eigenvalue weighted by Gasteiger charge is -2.63. The fraction of sp³-hybridized carbons (Fsp3) is 0.889. The highest BCUT2D eigenvalue weighted by Gasteiger charge is 2.56. The molecule has 1 spiro atoms. The van der Waals surface area contributed by atoms with E-state index in [2.05, 4.69) is 4.90 Å². The summed E-state index contributed by atoms with van der Waals surface area (Å²) in [7, 11) is 0. The number of hydrogen-bond donors (Lipinski definition) is 0. The van der Waals surface area contributed by atoms with E-state index in [1.54, 1.807) is 0 Å². The van der Waals surface area contributed by atoms with Crippen LogP contribution >= 0.6 is 0 Å². The van der Waals surface area contributed by atoms with Gasteiger partial charge in [-0.25, -0.2) is 4.79 Å². The fourth-order valence-electron chi connectivity index (χ4n) is 4.76. The number of fused-ring (bicyclic) bond motifs is 2. The van der Waals surface area contributed by atoms with Gasteiger partial charge >= 0.3 is 6.03 Å². The summed E-state index contributed by atoms with van der Waals surface area (Å²) >= 11 is 0. The van der Waals surface area contributed by atoms with Crippen molar-refractivity contribution in [2.75, 3.05) is 72.2 Å². The van der Waals surface area contributed by atoms with E-state index in [0.29, 0.717) is 52.5 Å². The number of amides is 3. The third kappa shape index (κ3) is 3.08. The van der Waals surface area contributed by atoms with Crippen molar-refractivity contribution in [3.05, 3.63) is 0 Å². The van der Waals surface area contributed by atoms with Crippen LogP contribution in [0.1, 0.15) is 13.8 Å². The molecule has 146 valence electrons. The third-order valence-corrected chi connectivity index (χ3v) is 6.08. The van der Waals surface area contributed by atoms with Crippen LogP contribution < -0.4 is 0 Å². The lowest BCUT2D eigenvalue weighted by Crippen LogP contribution is -2.82. The number of piperazine rings is 1. The normalized spacial score (nSPS) is 28.9. The molecule has 0 radical (unpaired) electrons. The van der Waals surface area contributed by atoms with E-state index in [4.69, 9.17) is 9.47 Å². The van der Waals surface area contributed by atoms with Gasteiger partial charge in [0.15, 0.2) is 0 Å². The predicted octanol–water partition coefficient (Wildman–Crippen LogP) is -0.308. The summed E-state index contributed by atoms with van der Waals surface area (Å²) in [5.74, 6) is 0.196. The Morgan fingerprint density at radius 1 is 0.923 bits per heavy atom. The van der Waals surface area contributed by atoms with Crippen LogP contribution in [0.5, 0.6) is 0 Å². The van der Waals surface area contributed by atoms with Crippen molar-refractivity contribution in [1.82, 2.24) is 19.6 Å². The van der Waals surface area contributed by atoms with Crippen LogP contribution in [0.2, 0.25) is 0 Å². The van der Waals surface area contributed by atoms with Crippen molar-refractivity contribution >= 4 is 11.9 Å². The molecular formula is C18H30N4O4. The van der Waals surface area contributed by atoms with Crippen LogP contribution in [-0.2, 0) is 14.3 Å². The lowest BCUT2D eigenvalue weighted by atomic mass is 9.82. The molecule has 1 unspecified atom stereocenters. The van der Waals surface area contributed by atoms with Crippen LogP contribution in [0, 0.1) is 5.92 Å². The van der Waals surface area contributed by atoms with Crippen molar-refractivity contribution in [3.63, 3.8) is 0 Å². The molecule has 1 atom stereocenters. The highest BCUT2D eigenvalue weighted by molar-refractivity contribution is 5.79. The molecule has 0 aromatic heterocycles. The summed E-state index contributed by atoms with van der Waals surface area (Å²) in [6.07, 6.45) is 0. The molecule has 0 aliphatic carbocycles. The maximum absolute atomic E-state index is 12.8. The summed E-state index contributed by atoms with van der Waals surface area (Å²) in [5.41, 5.74) is -0.112. The molecule has 0 bridgehead atoms. The number of morpholine rings is 2. The largest absolute Gasteiger partial charge is 0.378 e. The Labute approximate surface area is 155 Å². The molecule has 0 aromatic carbocycles. The van der Waals surface area contributed by atoms with E-state index >= 15 is 0 Å². The monoisotopic (exact) mass is 366 g/mol. The van der Waals surface area contributed by atoms with Crippen molar-refractivity contribution < 1.29 is 19.1 Å². The highest BCUT2D eigenvalue weighted by Crippen LogP contribution is 2.36. The third-order valence-electron chi connectivity index (χ3n) is 6.08. The summed E-state index contributed by atoms with van der Waals surface area (Å²) in [6.45, 7) is 11.6. The molecule has 4 heterocycles. The van der Waals surface area contributed by atoms with E-state index in [0.717, 1.165) is 19.7 Å². The van der Waals surface area contributed by atoms with Gasteiger partial charge in [0.05, 0.1) is 38.0 Å². The number of carbonyl (C=O) groups excluding carboxylic acids is 2. The zero-order chi connectivity index (χ0) is 18.3. The van der Waals surface area contributed by atoms with E-state index in [1.807, 2.05) is 28.5 Å². The van der Waals surface area contributed by atoms with E-state index < -0.39 is 0 Å². The van der Waals surface area contributed by atoms with Gasteiger partial charge in [-0.3, -0.25) is 9.69 Å².